The predicted octanol–water partition coefficient (Wildman–Crippen LogP) is 3.09. The number of carbonyl (C=O) groups is 1. The van der Waals surface area contributed by atoms with Crippen LogP contribution in [0.25, 0.3) is 22.1 Å². The molecule has 0 atom stereocenters. The minimum Gasteiger partial charge on any atom is -0.449 e. The van der Waals surface area contributed by atoms with E-state index < -0.39 is 0 Å². The number of hydrogen-bond acceptors (Lipinski definition) is 7. The van der Waals surface area contributed by atoms with Gasteiger partial charge >= 0.3 is 0 Å². The maximum absolute atomic E-state index is 12.5. The maximum atomic E-state index is 12.5. The molecule has 0 saturated carbocycles. The number of rotatable bonds is 5. The number of hydrogen-bond donors (Lipinski definition) is 1. The van der Waals surface area contributed by atoms with Crippen LogP contribution in [0.1, 0.15) is 41.9 Å². The first-order chi connectivity index (χ1) is 15.2. The topological polar surface area (TPSA) is 102 Å². The lowest BCUT2D eigenvalue weighted by Crippen LogP contribution is -2.27. The van der Waals surface area contributed by atoms with Crippen molar-refractivity contribution in [3.63, 3.8) is 0 Å². The number of aromatic nitrogens is 5. The third-order valence-corrected chi connectivity index (χ3v) is 5.66. The average molecular weight is 419 g/mol. The fourth-order valence-corrected chi connectivity index (χ4v) is 4.08. The molecule has 0 unspecified atom stereocenters. The van der Waals surface area contributed by atoms with E-state index in [9.17, 15) is 4.79 Å². The van der Waals surface area contributed by atoms with Crippen LogP contribution in [-0.4, -0.2) is 50.3 Å². The molecule has 9 nitrogen and oxygen atoms in total. The van der Waals surface area contributed by atoms with Gasteiger partial charge in [-0.05, 0) is 31.9 Å². The van der Waals surface area contributed by atoms with Crippen LogP contribution in [0.3, 0.4) is 0 Å². The number of fused-ring (bicyclic) bond motifs is 2. The van der Waals surface area contributed by atoms with Crippen molar-refractivity contribution in [1.29, 1.82) is 0 Å². The fourth-order valence-electron chi connectivity index (χ4n) is 4.08. The molecular weight excluding hydrogens is 394 g/mol. The summed E-state index contributed by atoms with van der Waals surface area (Å²) >= 11 is 0. The molecule has 1 amide bonds. The number of furan rings is 1. The molecule has 9 heteroatoms. The number of nitrogens with one attached hydrogen (secondary N) is 1. The Morgan fingerprint density at radius 1 is 1.16 bits per heavy atom. The van der Waals surface area contributed by atoms with Gasteiger partial charge in [0.1, 0.15) is 17.7 Å². The second-order valence-corrected chi connectivity index (χ2v) is 7.91. The molecule has 31 heavy (non-hydrogen) atoms. The molecule has 5 rings (SSSR count). The van der Waals surface area contributed by atoms with Crippen LogP contribution in [0, 0.1) is 6.92 Å². The lowest BCUT2D eigenvalue weighted by atomic mass is 10.2. The highest BCUT2D eigenvalue weighted by atomic mass is 16.3. The summed E-state index contributed by atoms with van der Waals surface area (Å²) in [6.45, 7) is 4.84. The first-order valence-electron chi connectivity index (χ1n) is 10.8. The number of aryl methyl sites for hydroxylation is 1. The van der Waals surface area contributed by atoms with Gasteiger partial charge in [-0.15, -0.1) is 0 Å². The first kappa shape index (κ1) is 19.5. The monoisotopic (exact) mass is 419 g/mol. The number of amides is 1. The van der Waals surface area contributed by atoms with Crippen LogP contribution in [0.2, 0.25) is 0 Å². The minimum absolute atomic E-state index is 0.254. The van der Waals surface area contributed by atoms with Gasteiger partial charge in [0, 0.05) is 31.4 Å². The van der Waals surface area contributed by atoms with E-state index in [1.165, 1.54) is 25.7 Å². The van der Waals surface area contributed by atoms with E-state index in [2.05, 4.69) is 30.3 Å². The highest BCUT2D eigenvalue weighted by Crippen LogP contribution is 2.25. The smallest absolute Gasteiger partial charge is 0.287 e. The molecule has 1 aliphatic heterocycles. The highest BCUT2D eigenvalue weighted by molar-refractivity contribution is 5.95. The Hall–Kier alpha value is -3.49. The molecule has 0 aliphatic carbocycles. The van der Waals surface area contributed by atoms with Crippen molar-refractivity contribution < 1.29 is 9.21 Å². The molecule has 0 spiro atoms. The third-order valence-electron chi connectivity index (χ3n) is 5.66. The van der Waals surface area contributed by atoms with E-state index in [-0.39, 0.29) is 11.7 Å². The molecule has 5 heterocycles. The summed E-state index contributed by atoms with van der Waals surface area (Å²) in [6.07, 6.45) is 8.33. The van der Waals surface area contributed by atoms with Crippen LogP contribution in [-0.2, 0) is 6.54 Å². The van der Waals surface area contributed by atoms with Gasteiger partial charge in [0.2, 0.25) is 0 Å². The Morgan fingerprint density at radius 3 is 2.84 bits per heavy atom. The van der Waals surface area contributed by atoms with Crippen molar-refractivity contribution in [3.05, 3.63) is 42.2 Å². The van der Waals surface area contributed by atoms with Gasteiger partial charge in [-0.1, -0.05) is 12.8 Å². The van der Waals surface area contributed by atoms with E-state index in [0.717, 1.165) is 35.6 Å². The molecule has 1 fully saturated rings. The quantitative estimate of drug-likeness (QED) is 0.530. The van der Waals surface area contributed by atoms with Gasteiger partial charge in [0.05, 0.1) is 18.1 Å². The van der Waals surface area contributed by atoms with Gasteiger partial charge in [-0.2, -0.15) is 5.10 Å². The Kier molecular flexibility index (Phi) is 5.23. The summed E-state index contributed by atoms with van der Waals surface area (Å²) in [6, 6.07) is 5.35. The van der Waals surface area contributed by atoms with Gasteiger partial charge in [-0.25, -0.2) is 19.6 Å². The molecule has 4 aromatic rings. The van der Waals surface area contributed by atoms with E-state index in [4.69, 9.17) is 4.42 Å². The summed E-state index contributed by atoms with van der Waals surface area (Å²) in [4.78, 5) is 28.2. The van der Waals surface area contributed by atoms with E-state index in [1.807, 2.05) is 29.9 Å². The van der Waals surface area contributed by atoms with Crippen molar-refractivity contribution in [2.75, 3.05) is 24.5 Å². The number of carbonyl (C=O) groups excluding carboxylic acids is 1. The van der Waals surface area contributed by atoms with Crippen molar-refractivity contribution >= 4 is 33.9 Å². The molecule has 160 valence electrons. The highest BCUT2D eigenvalue weighted by Gasteiger charge is 2.17. The standard InChI is InChI=1S/C22H25N7O2/c1-15-6-7-18-17(27-15)12-19(31-18)22(30)23-8-11-29-21-16(13-26-29)20(24-14-25-21)28-9-4-2-3-5-10-28/h6-7,12-14H,2-5,8-11H2,1H3,(H,23,30). The molecule has 1 N–H and O–H groups in total. The van der Waals surface area contributed by atoms with E-state index >= 15 is 0 Å². The summed E-state index contributed by atoms with van der Waals surface area (Å²) in [5.41, 5.74) is 2.95. The van der Waals surface area contributed by atoms with Crippen LogP contribution in [0.5, 0.6) is 0 Å². The van der Waals surface area contributed by atoms with Crippen LogP contribution in [0.4, 0.5) is 5.82 Å². The third kappa shape index (κ3) is 3.95. The predicted molar refractivity (Wildman–Crippen MR) is 117 cm³/mol. The SMILES string of the molecule is Cc1ccc2oc(C(=O)NCCn3ncc4c(N5CCCCCC5)ncnc43)cc2n1. The van der Waals surface area contributed by atoms with Crippen LogP contribution < -0.4 is 10.2 Å². The molecule has 1 saturated heterocycles. The zero-order valence-electron chi connectivity index (χ0n) is 17.5. The zero-order valence-corrected chi connectivity index (χ0v) is 17.5. The molecule has 0 aromatic carbocycles. The van der Waals surface area contributed by atoms with Crippen LogP contribution in [0.15, 0.2) is 35.1 Å². The second-order valence-electron chi connectivity index (χ2n) is 7.91. The molecular formula is C22H25N7O2. The van der Waals surface area contributed by atoms with Crippen molar-refractivity contribution in [3.8, 4) is 0 Å². The minimum atomic E-state index is -0.271. The van der Waals surface area contributed by atoms with Crippen molar-refractivity contribution in [2.45, 2.75) is 39.2 Å². The molecule has 0 radical (unpaired) electrons. The van der Waals surface area contributed by atoms with Crippen LogP contribution >= 0.6 is 0 Å². The molecule has 1 aliphatic rings. The van der Waals surface area contributed by atoms with E-state index in [1.54, 1.807) is 12.4 Å². The zero-order chi connectivity index (χ0) is 21.2. The Balaban J connectivity index is 1.27. The molecule has 0 bridgehead atoms. The van der Waals surface area contributed by atoms with E-state index in [0.29, 0.717) is 24.2 Å². The largest absolute Gasteiger partial charge is 0.449 e. The summed E-state index contributed by atoms with van der Waals surface area (Å²) < 4.78 is 7.42. The van der Waals surface area contributed by atoms with Gasteiger partial charge in [0.25, 0.3) is 5.91 Å². The number of nitrogens with zero attached hydrogens (tertiary/aromatic N) is 6. The molecule has 4 aromatic heterocycles. The fraction of sp³-hybridized carbons (Fsp3) is 0.409. The lowest BCUT2D eigenvalue weighted by Gasteiger charge is -2.21. The number of anilines is 1. The Bertz CT molecular complexity index is 1220. The summed E-state index contributed by atoms with van der Waals surface area (Å²) in [5.74, 6) is 0.934. The van der Waals surface area contributed by atoms with Gasteiger partial charge in [-0.3, -0.25) is 4.79 Å². The number of pyridine rings is 1. The Morgan fingerprint density at radius 2 is 2.00 bits per heavy atom. The average Bonchev–Trinajstić information content (AvgIpc) is 3.28. The van der Waals surface area contributed by atoms with Crippen molar-refractivity contribution in [1.82, 2.24) is 30.0 Å². The second kappa shape index (κ2) is 8.33. The van der Waals surface area contributed by atoms with Gasteiger partial charge < -0.3 is 14.6 Å². The first-order valence-corrected chi connectivity index (χ1v) is 10.8. The van der Waals surface area contributed by atoms with Gasteiger partial charge in [0.15, 0.2) is 17.0 Å². The normalized spacial score (nSPS) is 14.8. The summed E-state index contributed by atoms with van der Waals surface area (Å²) in [5, 5.41) is 8.33. The lowest BCUT2D eigenvalue weighted by molar-refractivity contribution is 0.0926. The van der Waals surface area contributed by atoms with Crippen molar-refractivity contribution in [2.24, 2.45) is 0 Å². The Labute approximate surface area is 179 Å². The summed E-state index contributed by atoms with van der Waals surface area (Å²) in [7, 11) is 0. The maximum Gasteiger partial charge on any atom is 0.287 e.